The van der Waals surface area contributed by atoms with Crippen molar-refractivity contribution in [2.24, 2.45) is 0 Å². The molecule has 0 amide bonds. The standard InChI is InChI=1S/C16H14O3/c17-16(18)13-7-3-4-8-14(13)19-15-10-9-11-5-1-2-6-12(11)15/h1-8,15H,9-10H2,(H,17,18). The van der Waals surface area contributed by atoms with Crippen LogP contribution in [0.15, 0.2) is 48.5 Å². The average molecular weight is 254 g/mol. The molecule has 1 N–H and O–H groups in total. The number of fused-ring (bicyclic) bond motifs is 1. The molecule has 3 rings (SSSR count). The van der Waals surface area contributed by atoms with Crippen molar-refractivity contribution in [2.75, 3.05) is 0 Å². The van der Waals surface area contributed by atoms with Crippen LogP contribution in [0, 0.1) is 0 Å². The van der Waals surface area contributed by atoms with Crippen LogP contribution in [0.1, 0.15) is 34.0 Å². The van der Waals surface area contributed by atoms with Crippen molar-refractivity contribution in [1.29, 1.82) is 0 Å². The smallest absolute Gasteiger partial charge is 0.339 e. The lowest BCUT2D eigenvalue weighted by atomic mass is 10.1. The first kappa shape index (κ1) is 11.8. The molecule has 96 valence electrons. The molecule has 0 radical (unpaired) electrons. The summed E-state index contributed by atoms with van der Waals surface area (Å²) in [5.41, 5.74) is 2.68. The number of carboxylic acids is 1. The SMILES string of the molecule is O=C(O)c1ccccc1OC1CCc2ccccc21. The maximum atomic E-state index is 11.2. The largest absolute Gasteiger partial charge is 0.485 e. The monoisotopic (exact) mass is 254 g/mol. The third kappa shape index (κ3) is 2.19. The number of hydrogen-bond acceptors (Lipinski definition) is 2. The molecule has 1 aliphatic carbocycles. The minimum atomic E-state index is -0.957. The second-order valence-corrected chi connectivity index (χ2v) is 4.65. The normalized spacial score (nSPS) is 16.9. The molecule has 0 fully saturated rings. The van der Waals surface area contributed by atoms with Gasteiger partial charge in [0.15, 0.2) is 0 Å². The number of aromatic carboxylic acids is 1. The number of carboxylic acid groups (broad SMARTS) is 1. The van der Waals surface area contributed by atoms with Crippen molar-refractivity contribution in [1.82, 2.24) is 0 Å². The first-order valence-corrected chi connectivity index (χ1v) is 6.32. The van der Waals surface area contributed by atoms with E-state index in [9.17, 15) is 4.79 Å². The van der Waals surface area contributed by atoms with Gasteiger partial charge in [-0.3, -0.25) is 0 Å². The number of benzene rings is 2. The molecule has 1 aliphatic rings. The first-order valence-electron chi connectivity index (χ1n) is 6.32. The van der Waals surface area contributed by atoms with E-state index in [0.717, 1.165) is 12.8 Å². The fourth-order valence-electron chi connectivity index (χ4n) is 2.54. The van der Waals surface area contributed by atoms with E-state index in [1.54, 1.807) is 24.3 Å². The Labute approximate surface area is 111 Å². The molecule has 1 atom stereocenters. The van der Waals surface area contributed by atoms with Crippen LogP contribution < -0.4 is 4.74 Å². The quantitative estimate of drug-likeness (QED) is 0.912. The highest BCUT2D eigenvalue weighted by Crippen LogP contribution is 2.35. The van der Waals surface area contributed by atoms with Crippen molar-refractivity contribution < 1.29 is 14.6 Å². The molecular weight excluding hydrogens is 240 g/mol. The van der Waals surface area contributed by atoms with Gasteiger partial charge in [-0.25, -0.2) is 4.79 Å². The fourth-order valence-corrected chi connectivity index (χ4v) is 2.54. The van der Waals surface area contributed by atoms with Crippen molar-refractivity contribution in [3.63, 3.8) is 0 Å². The Morgan fingerprint density at radius 3 is 2.68 bits per heavy atom. The Balaban J connectivity index is 1.90. The molecule has 0 bridgehead atoms. The number of ether oxygens (including phenoxy) is 1. The lowest BCUT2D eigenvalue weighted by molar-refractivity contribution is 0.0689. The van der Waals surface area contributed by atoms with Crippen LogP contribution >= 0.6 is 0 Å². The maximum Gasteiger partial charge on any atom is 0.339 e. The fraction of sp³-hybridized carbons (Fsp3) is 0.188. The molecule has 0 aromatic heterocycles. The zero-order valence-corrected chi connectivity index (χ0v) is 10.4. The van der Waals surface area contributed by atoms with E-state index in [2.05, 4.69) is 12.1 Å². The van der Waals surface area contributed by atoms with Crippen LogP contribution in [-0.2, 0) is 6.42 Å². The number of hydrogen-bond donors (Lipinski definition) is 1. The highest BCUT2D eigenvalue weighted by atomic mass is 16.5. The summed E-state index contributed by atoms with van der Waals surface area (Å²) in [4.78, 5) is 11.2. The third-order valence-corrected chi connectivity index (χ3v) is 3.46. The Morgan fingerprint density at radius 1 is 1.11 bits per heavy atom. The highest BCUT2D eigenvalue weighted by molar-refractivity contribution is 5.90. The van der Waals surface area contributed by atoms with Crippen LogP contribution in [0.5, 0.6) is 5.75 Å². The van der Waals surface area contributed by atoms with Crippen LogP contribution in [0.4, 0.5) is 0 Å². The van der Waals surface area contributed by atoms with E-state index in [4.69, 9.17) is 9.84 Å². The molecule has 0 aliphatic heterocycles. The van der Waals surface area contributed by atoms with Gasteiger partial charge in [-0.15, -0.1) is 0 Å². The van der Waals surface area contributed by atoms with Gasteiger partial charge in [0.1, 0.15) is 17.4 Å². The van der Waals surface area contributed by atoms with Gasteiger partial charge < -0.3 is 9.84 Å². The lowest BCUT2D eigenvalue weighted by Gasteiger charge is -2.16. The molecule has 0 saturated heterocycles. The summed E-state index contributed by atoms with van der Waals surface area (Å²) in [6.45, 7) is 0. The van der Waals surface area contributed by atoms with E-state index < -0.39 is 5.97 Å². The Hall–Kier alpha value is -2.29. The number of carbonyl (C=O) groups is 1. The third-order valence-electron chi connectivity index (χ3n) is 3.46. The van der Waals surface area contributed by atoms with Gasteiger partial charge in [0.25, 0.3) is 0 Å². The molecule has 0 heterocycles. The van der Waals surface area contributed by atoms with E-state index >= 15 is 0 Å². The van der Waals surface area contributed by atoms with Gasteiger partial charge in [0.2, 0.25) is 0 Å². The molecule has 2 aromatic rings. The Morgan fingerprint density at radius 2 is 1.84 bits per heavy atom. The maximum absolute atomic E-state index is 11.2. The van der Waals surface area contributed by atoms with E-state index in [-0.39, 0.29) is 11.7 Å². The number of rotatable bonds is 3. The summed E-state index contributed by atoms with van der Waals surface area (Å²) in [6, 6.07) is 14.9. The summed E-state index contributed by atoms with van der Waals surface area (Å²) in [5, 5.41) is 9.15. The predicted octanol–water partition coefficient (Wildman–Crippen LogP) is 3.45. The van der Waals surface area contributed by atoms with Gasteiger partial charge in [-0.05, 0) is 36.1 Å². The summed E-state index contributed by atoms with van der Waals surface area (Å²) in [7, 11) is 0. The van der Waals surface area contributed by atoms with Crippen molar-refractivity contribution in [3.8, 4) is 5.75 Å². The summed E-state index contributed by atoms with van der Waals surface area (Å²) >= 11 is 0. The molecule has 3 heteroatoms. The van der Waals surface area contributed by atoms with Crippen molar-refractivity contribution in [3.05, 3.63) is 65.2 Å². The van der Waals surface area contributed by atoms with Gasteiger partial charge in [-0.2, -0.15) is 0 Å². The molecule has 3 nitrogen and oxygen atoms in total. The van der Waals surface area contributed by atoms with E-state index in [1.807, 2.05) is 12.1 Å². The number of para-hydroxylation sites is 1. The first-order chi connectivity index (χ1) is 9.25. The van der Waals surface area contributed by atoms with Crippen molar-refractivity contribution >= 4 is 5.97 Å². The summed E-state index contributed by atoms with van der Waals surface area (Å²) in [6.07, 6.45) is 1.83. The van der Waals surface area contributed by atoms with Crippen LogP contribution in [0.3, 0.4) is 0 Å². The van der Waals surface area contributed by atoms with Crippen LogP contribution in [0.25, 0.3) is 0 Å². The van der Waals surface area contributed by atoms with Gasteiger partial charge in [0, 0.05) is 0 Å². The molecular formula is C16H14O3. The molecule has 0 spiro atoms. The minimum absolute atomic E-state index is 0.0447. The molecule has 1 unspecified atom stereocenters. The van der Waals surface area contributed by atoms with Gasteiger partial charge >= 0.3 is 5.97 Å². The zero-order valence-electron chi connectivity index (χ0n) is 10.4. The van der Waals surface area contributed by atoms with Gasteiger partial charge in [-0.1, -0.05) is 36.4 Å². The predicted molar refractivity (Wildman–Crippen MR) is 71.5 cm³/mol. The van der Waals surface area contributed by atoms with E-state index in [0.29, 0.717) is 5.75 Å². The Bertz CT molecular complexity index is 619. The van der Waals surface area contributed by atoms with Crippen LogP contribution in [0.2, 0.25) is 0 Å². The van der Waals surface area contributed by atoms with E-state index in [1.165, 1.54) is 11.1 Å². The Kier molecular flexibility index (Phi) is 2.95. The lowest BCUT2D eigenvalue weighted by Crippen LogP contribution is -2.07. The van der Waals surface area contributed by atoms with Crippen LogP contribution in [-0.4, -0.2) is 11.1 Å². The molecule has 19 heavy (non-hydrogen) atoms. The zero-order chi connectivity index (χ0) is 13.2. The topological polar surface area (TPSA) is 46.5 Å². The molecule has 2 aromatic carbocycles. The average Bonchev–Trinajstić information content (AvgIpc) is 2.83. The second kappa shape index (κ2) is 4.76. The minimum Gasteiger partial charge on any atom is -0.485 e. The molecule has 0 saturated carbocycles. The summed E-state index contributed by atoms with van der Waals surface area (Å²) < 4.78 is 5.91. The second-order valence-electron chi connectivity index (χ2n) is 4.65. The van der Waals surface area contributed by atoms with Crippen molar-refractivity contribution in [2.45, 2.75) is 18.9 Å². The number of aryl methyl sites for hydroxylation is 1. The summed E-state index contributed by atoms with van der Waals surface area (Å²) in [5.74, 6) is -0.515. The van der Waals surface area contributed by atoms with Gasteiger partial charge in [0.05, 0.1) is 0 Å². The highest BCUT2D eigenvalue weighted by Gasteiger charge is 2.24.